The standard InChI is InChI=1S/C21H25NO4/c1-24-17-13-16(14-18(25-2)19(17)26-3)22-20(23)21(11-7-8-12-21)15-9-5-4-6-10-15/h4-6,9-10,13-14H,7-8,11-12H2,1-3H3,(H,22,23). The molecule has 2 aromatic carbocycles. The van der Waals surface area contributed by atoms with Crippen molar-refractivity contribution in [3.05, 3.63) is 48.0 Å². The minimum absolute atomic E-state index is 0.00970. The second kappa shape index (κ2) is 7.68. The number of methoxy groups -OCH3 is 3. The lowest BCUT2D eigenvalue weighted by Gasteiger charge is -2.28. The Morgan fingerprint density at radius 3 is 2.00 bits per heavy atom. The van der Waals surface area contributed by atoms with Crippen LogP contribution in [-0.2, 0) is 10.2 Å². The van der Waals surface area contributed by atoms with Crippen molar-refractivity contribution in [1.82, 2.24) is 0 Å². The average molecular weight is 355 g/mol. The van der Waals surface area contributed by atoms with E-state index in [1.54, 1.807) is 33.5 Å². The van der Waals surface area contributed by atoms with Crippen LogP contribution in [0.25, 0.3) is 0 Å². The first-order valence-electron chi connectivity index (χ1n) is 8.81. The van der Waals surface area contributed by atoms with Crippen molar-refractivity contribution in [2.24, 2.45) is 0 Å². The van der Waals surface area contributed by atoms with Gasteiger partial charge in [-0.2, -0.15) is 0 Å². The molecule has 0 unspecified atom stereocenters. The van der Waals surface area contributed by atoms with Gasteiger partial charge in [-0.25, -0.2) is 0 Å². The van der Waals surface area contributed by atoms with Crippen LogP contribution >= 0.6 is 0 Å². The number of benzene rings is 2. The second-order valence-corrected chi connectivity index (χ2v) is 6.52. The summed E-state index contributed by atoms with van der Waals surface area (Å²) in [5.74, 6) is 1.55. The lowest BCUT2D eigenvalue weighted by molar-refractivity contribution is -0.121. The molecule has 1 amide bonds. The van der Waals surface area contributed by atoms with E-state index in [2.05, 4.69) is 5.32 Å². The van der Waals surface area contributed by atoms with Gasteiger partial charge in [0.1, 0.15) is 0 Å². The molecule has 5 heteroatoms. The summed E-state index contributed by atoms with van der Waals surface area (Å²) < 4.78 is 16.1. The van der Waals surface area contributed by atoms with Crippen molar-refractivity contribution < 1.29 is 19.0 Å². The Morgan fingerprint density at radius 2 is 1.50 bits per heavy atom. The molecule has 26 heavy (non-hydrogen) atoms. The number of ether oxygens (including phenoxy) is 3. The first kappa shape index (κ1) is 18.1. The first-order chi connectivity index (χ1) is 12.6. The van der Waals surface area contributed by atoms with Gasteiger partial charge in [-0.1, -0.05) is 43.2 Å². The van der Waals surface area contributed by atoms with Gasteiger partial charge in [0.05, 0.1) is 26.7 Å². The predicted molar refractivity (Wildman–Crippen MR) is 101 cm³/mol. The van der Waals surface area contributed by atoms with Crippen molar-refractivity contribution >= 4 is 11.6 Å². The third kappa shape index (κ3) is 3.21. The van der Waals surface area contributed by atoms with E-state index >= 15 is 0 Å². The maximum atomic E-state index is 13.3. The van der Waals surface area contributed by atoms with Crippen LogP contribution in [0.2, 0.25) is 0 Å². The fourth-order valence-corrected chi connectivity index (χ4v) is 3.79. The molecule has 3 rings (SSSR count). The number of hydrogen-bond donors (Lipinski definition) is 1. The molecule has 0 heterocycles. The highest BCUT2D eigenvalue weighted by Gasteiger charge is 2.42. The van der Waals surface area contributed by atoms with E-state index in [0.717, 1.165) is 31.2 Å². The van der Waals surface area contributed by atoms with Crippen LogP contribution in [0, 0.1) is 0 Å². The minimum atomic E-state index is -0.484. The summed E-state index contributed by atoms with van der Waals surface area (Å²) in [5.41, 5.74) is 1.22. The highest BCUT2D eigenvalue weighted by atomic mass is 16.5. The zero-order valence-corrected chi connectivity index (χ0v) is 15.5. The molecule has 0 spiro atoms. The van der Waals surface area contributed by atoms with Gasteiger partial charge in [-0.3, -0.25) is 4.79 Å². The van der Waals surface area contributed by atoms with Crippen molar-refractivity contribution in [1.29, 1.82) is 0 Å². The van der Waals surface area contributed by atoms with Gasteiger partial charge in [0, 0.05) is 17.8 Å². The zero-order chi connectivity index (χ0) is 18.6. The van der Waals surface area contributed by atoms with Crippen LogP contribution in [0.5, 0.6) is 17.2 Å². The summed E-state index contributed by atoms with van der Waals surface area (Å²) in [5, 5.41) is 3.07. The summed E-state index contributed by atoms with van der Waals surface area (Å²) in [6.07, 6.45) is 3.82. The van der Waals surface area contributed by atoms with E-state index in [1.807, 2.05) is 30.3 Å². The van der Waals surface area contributed by atoms with E-state index in [4.69, 9.17) is 14.2 Å². The van der Waals surface area contributed by atoms with E-state index in [1.165, 1.54) is 0 Å². The third-order valence-electron chi connectivity index (χ3n) is 5.14. The minimum Gasteiger partial charge on any atom is -0.493 e. The predicted octanol–water partition coefficient (Wildman–Crippen LogP) is 4.16. The van der Waals surface area contributed by atoms with Gasteiger partial charge in [0.15, 0.2) is 11.5 Å². The number of carbonyl (C=O) groups is 1. The van der Waals surface area contributed by atoms with Gasteiger partial charge in [0.25, 0.3) is 0 Å². The molecule has 138 valence electrons. The summed E-state index contributed by atoms with van der Waals surface area (Å²) in [6, 6.07) is 13.5. The number of rotatable bonds is 6. The van der Waals surface area contributed by atoms with Crippen LogP contribution in [0.15, 0.2) is 42.5 Å². The van der Waals surface area contributed by atoms with E-state index in [0.29, 0.717) is 22.9 Å². The summed E-state index contributed by atoms with van der Waals surface area (Å²) in [7, 11) is 4.68. The van der Waals surface area contributed by atoms with Crippen LogP contribution in [0.4, 0.5) is 5.69 Å². The molecular weight excluding hydrogens is 330 g/mol. The molecule has 1 N–H and O–H groups in total. The SMILES string of the molecule is COc1cc(NC(=O)C2(c3ccccc3)CCCC2)cc(OC)c1OC. The van der Waals surface area contributed by atoms with Crippen molar-refractivity contribution in [3.63, 3.8) is 0 Å². The van der Waals surface area contributed by atoms with Crippen molar-refractivity contribution in [2.75, 3.05) is 26.6 Å². The lowest BCUT2D eigenvalue weighted by Crippen LogP contribution is -2.37. The summed E-state index contributed by atoms with van der Waals surface area (Å²) in [6.45, 7) is 0. The lowest BCUT2D eigenvalue weighted by atomic mass is 9.78. The number of hydrogen-bond acceptors (Lipinski definition) is 4. The Morgan fingerprint density at radius 1 is 0.923 bits per heavy atom. The monoisotopic (exact) mass is 355 g/mol. The molecule has 1 saturated carbocycles. The molecule has 0 radical (unpaired) electrons. The van der Waals surface area contributed by atoms with Crippen LogP contribution in [0.3, 0.4) is 0 Å². The Labute approximate surface area is 154 Å². The first-order valence-corrected chi connectivity index (χ1v) is 8.81. The van der Waals surface area contributed by atoms with Crippen LogP contribution in [-0.4, -0.2) is 27.2 Å². The Hall–Kier alpha value is -2.69. The zero-order valence-electron chi connectivity index (χ0n) is 15.5. The average Bonchev–Trinajstić information content (AvgIpc) is 3.19. The summed E-state index contributed by atoms with van der Waals surface area (Å²) >= 11 is 0. The largest absolute Gasteiger partial charge is 0.493 e. The molecule has 1 fully saturated rings. The Kier molecular flexibility index (Phi) is 5.35. The van der Waals surface area contributed by atoms with Gasteiger partial charge in [0.2, 0.25) is 11.7 Å². The molecule has 0 saturated heterocycles. The van der Waals surface area contributed by atoms with Gasteiger partial charge < -0.3 is 19.5 Å². The quantitative estimate of drug-likeness (QED) is 0.845. The number of carbonyl (C=O) groups excluding carboxylic acids is 1. The molecule has 1 aliphatic rings. The number of amides is 1. The highest BCUT2D eigenvalue weighted by Crippen LogP contribution is 2.44. The maximum Gasteiger partial charge on any atom is 0.235 e. The molecule has 0 aliphatic heterocycles. The third-order valence-corrected chi connectivity index (χ3v) is 5.14. The number of anilines is 1. The van der Waals surface area contributed by atoms with Crippen LogP contribution in [0.1, 0.15) is 31.2 Å². The molecule has 0 atom stereocenters. The Bertz CT molecular complexity index is 742. The Balaban J connectivity index is 1.94. The molecular formula is C21H25NO4. The topological polar surface area (TPSA) is 56.8 Å². The van der Waals surface area contributed by atoms with Crippen LogP contribution < -0.4 is 19.5 Å². The van der Waals surface area contributed by atoms with E-state index in [-0.39, 0.29) is 5.91 Å². The normalized spacial score (nSPS) is 15.3. The fraction of sp³-hybridized carbons (Fsp3) is 0.381. The highest BCUT2D eigenvalue weighted by molar-refractivity contribution is 6.00. The second-order valence-electron chi connectivity index (χ2n) is 6.52. The van der Waals surface area contributed by atoms with E-state index in [9.17, 15) is 4.79 Å². The molecule has 5 nitrogen and oxygen atoms in total. The molecule has 1 aliphatic carbocycles. The van der Waals surface area contributed by atoms with Gasteiger partial charge in [-0.15, -0.1) is 0 Å². The smallest absolute Gasteiger partial charge is 0.235 e. The van der Waals surface area contributed by atoms with Gasteiger partial charge in [-0.05, 0) is 18.4 Å². The van der Waals surface area contributed by atoms with Crippen molar-refractivity contribution in [3.8, 4) is 17.2 Å². The fourth-order valence-electron chi connectivity index (χ4n) is 3.79. The number of nitrogens with one attached hydrogen (secondary N) is 1. The van der Waals surface area contributed by atoms with E-state index < -0.39 is 5.41 Å². The molecule has 2 aromatic rings. The molecule has 0 bridgehead atoms. The maximum absolute atomic E-state index is 13.3. The summed E-state index contributed by atoms with van der Waals surface area (Å²) in [4.78, 5) is 13.3. The molecule has 0 aromatic heterocycles. The van der Waals surface area contributed by atoms with Gasteiger partial charge >= 0.3 is 0 Å². The van der Waals surface area contributed by atoms with Crippen molar-refractivity contribution in [2.45, 2.75) is 31.1 Å².